The first-order chi connectivity index (χ1) is 9.87. The fourth-order valence-corrected chi connectivity index (χ4v) is 4.71. The van der Waals surface area contributed by atoms with Gasteiger partial charge in [0.2, 0.25) is 10.0 Å². The number of benzene rings is 1. The van der Waals surface area contributed by atoms with Crippen LogP contribution in [0.25, 0.3) is 0 Å². The molecule has 1 fully saturated rings. The molecule has 0 aromatic heterocycles. The molecule has 1 unspecified atom stereocenters. The SMILES string of the molecule is CNCC1CCCN1S(=O)(=O)c1ccc([N+](=O)[O-])cc1Cl. The van der Waals surface area contributed by atoms with Crippen LogP contribution >= 0.6 is 11.6 Å². The zero-order chi connectivity index (χ0) is 15.6. The molecule has 1 aliphatic rings. The van der Waals surface area contributed by atoms with Crippen LogP contribution < -0.4 is 5.32 Å². The van der Waals surface area contributed by atoms with Crippen LogP contribution in [0.1, 0.15) is 12.8 Å². The van der Waals surface area contributed by atoms with Crippen LogP contribution in [0.2, 0.25) is 5.02 Å². The van der Waals surface area contributed by atoms with Gasteiger partial charge < -0.3 is 5.32 Å². The summed E-state index contributed by atoms with van der Waals surface area (Å²) >= 11 is 5.94. The maximum Gasteiger partial charge on any atom is 0.271 e. The summed E-state index contributed by atoms with van der Waals surface area (Å²) in [5.74, 6) is 0. The van der Waals surface area contributed by atoms with Gasteiger partial charge in [0.05, 0.1) is 9.95 Å². The van der Waals surface area contributed by atoms with E-state index in [1.165, 1.54) is 10.4 Å². The Bertz CT molecular complexity index is 650. The first-order valence-corrected chi connectivity index (χ1v) is 8.30. The van der Waals surface area contributed by atoms with Crippen LogP contribution in [-0.4, -0.2) is 43.8 Å². The number of non-ortho nitro benzene ring substituents is 1. The molecule has 2 rings (SSSR count). The number of rotatable bonds is 5. The van der Waals surface area contributed by atoms with E-state index >= 15 is 0 Å². The molecule has 1 saturated heterocycles. The molecule has 0 spiro atoms. The molecule has 1 heterocycles. The topological polar surface area (TPSA) is 92.6 Å². The second-order valence-corrected chi connectivity index (χ2v) is 7.11. The lowest BCUT2D eigenvalue weighted by atomic mass is 10.2. The average molecular weight is 334 g/mol. The number of halogens is 1. The molecule has 0 radical (unpaired) electrons. The molecule has 1 N–H and O–H groups in total. The Kier molecular flexibility index (Phi) is 4.82. The van der Waals surface area contributed by atoms with Gasteiger partial charge in [-0.1, -0.05) is 11.6 Å². The van der Waals surface area contributed by atoms with E-state index in [-0.39, 0.29) is 21.6 Å². The molecule has 0 amide bonds. The van der Waals surface area contributed by atoms with Crippen molar-refractivity contribution in [2.45, 2.75) is 23.8 Å². The second kappa shape index (κ2) is 6.27. The van der Waals surface area contributed by atoms with Crippen molar-refractivity contribution in [2.75, 3.05) is 20.1 Å². The van der Waals surface area contributed by atoms with Crippen molar-refractivity contribution < 1.29 is 13.3 Å². The van der Waals surface area contributed by atoms with Gasteiger partial charge in [-0.15, -0.1) is 0 Å². The maximum atomic E-state index is 12.7. The highest BCUT2D eigenvalue weighted by molar-refractivity contribution is 7.89. The molecule has 9 heteroatoms. The number of likely N-dealkylation sites (N-methyl/N-ethyl adjacent to an activating group) is 1. The summed E-state index contributed by atoms with van der Waals surface area (Å²) in [5.41, 5.74) is -0.229. The van der Waals surface area contributed by atoms with E-state index in [1.54, 1.807) is 7.05 Å². The van der Waals surface area contributed by atoms with Crippen molar-refractivity contribution in [1.82, 2.24) is 9.62 Å². The van der Waals surface area contributed by atoms with Crippen molar-refractivity contribution in [3.05, 3.63) is 33.3 Å². The van der Waals surface area contributed by atoms with E-state index in [0.717, 1.165) is 25.0 Å². The first-order valence-electron chi connectivity index (χ1n) is 6.48. The van der Waals surface area contributed by atoms with Gasteiger partial charge in [0, 0.05) is 31.3 Å². The molecule has 21 heavy (non-hydrogen) atoms. The van der Waals surface area contributed by atoms with Crippen LogP contribution in [0.3, 0.4) is 0 Å². The Hall–Kier alpha value is -1.22. The van der Waals surface area contributed by atoms with Gasteiger partial charge in [0.25, 0.3) is 5.69 Å². The molecule has 1 atom stereocenters. The van der Waals surface area contributed by atoms with E-state index in [0.29, 0.717) is 13.1 Å². The third-order valence-electron chi connectivity index (χ3n) is 3.48. The summed E-state index contributed by atoms with van der Waals surface area (Å²) in [6.45, 7) is 0.992. The van der Waals surface area contributed by atoms with Gasteiger partial charge in [-0.05, 0) is 26.0 Å². The van der Waals surface area contributed by atoms with Gasteiger partial charge in [0.15, 0.2) is 0 Å². The third kappa shape index (κ3) is 3.18. The zero-order valence-electron chi connectivity index (χ0n) is 11.5. The van der Waals surface area contributed by atoms with Crippen LogP contribution in [0, 0.1) is 10.1 Å². The first kappa shape index (κ1) is 16.2. The predicted molar refractivity (Wildman–Crippen MR) is 78.9 cm³/mol. The number of sulfonamides is 1. The summed E-state index contributed by atoms with van der Waals surface area (Å²) in [4.78, 5) is 9.99. The monoisotopic (exact) mass is 333 g/mol. The minimum Gasteiger partial charge on any atom is -0.318 e. The van der Waals surface area contributed by atoms with E-state index in [9.17, 15) is 18.5 Å². The summed E-state index contributed by atoms with van der Waals surface area (Å²) in [7, 11) is -1.98. The van der Waals surface area contributed by atoms with Crippen molar-refractivity contribution in [2.24, 2.45) is 0 Å². The number of nitro benzene ring substituents is 1. The molecule has 0 saturated carbocycles. The number of hydrogen-bond acceptors (Lipinski definition) is 5. The van der Waals surface area contributed by atoms with E-state index < -0.39 is 14.9 Å². The maximum absolute atomic E-state index is 12.7. The minimum atomic E-state index is -3.74. The Balaban J connectivity index is 2.37. The normalized spacial score (nSPS) is 19.8. The molecule has 0 bridgehead atoms. The standard InChI is InChI=1S/C12H16ClN3O4S/c1-14-8-10-3-2-6-15(10)21(19,20)12-5-4-9(16(17)18)7-11(12)13/h4-5,7,10,14H,2-3,6,8H2,1H3. The zero-order valence-corrected chi connectivity index (χ0v) is 13.0. The quantitative estimate of drug-likeness (QED) is 0.653. The van der Waals surface area contributed by atoms with Gasteiger partial charge in [-0.3, -0.25) is 10.1 Å². The van der Waals surface area contributed by atoms with Crippen LogP contribution in [0.15, 0.2) is 23.1 Å². The molecule has 116 valence electrons. The summed E-state index contributed by atoms with van der Waals surface area (Å²) in [5, 5.41) is 13.5. The highest BCUT2D eigenvalue weighted by Crippen LogP contribution is 2.32. The van der Waals surface area contributed by atoms with Crippen molar-refractivity contribution in [3.63, 3.8) is 0 Å². The van der Waals surface area contributed by atoms with Crippen LogP contribution in [-0.2, 0) is 10.0 Å². The Morgan fingerprint density at radius 1 is 1.52 bits per heavy atom. The van der Waals surface area contributed by atoms with Gasteiger partial charge >= 0.3 is 0 Å². The summed E-state index contributed by atoms with van der Waals surface area (Å²) < 4.78 is 26.7. The van der Waals surface area contributed by atoms with Crippen molar-refractivity contribution >= 4 is 27.3 Å². The van der Waals surface area contributed by atoms with Gasteiger partial charge in [0.1, 0.15) is 4.90 Å². The number of hydrogen-bond donors (Lipinski definition) is 1. The van der Waals surface area contributed by atoms with E-state index in [1.807, 2.05) is 0 Å². The summed E-state index contributed by atoms with van der Waals surface area (Å²) in [6, 6.07) is 3.30. The predicted octanol–water partition coefficient (Wildman–Crippen LogP) is 1.62. The molecule has 1 aromatic carbocycles. The van der Waals surface area contributed by atoms with Crippen LogP contribution in [0.4, 0.5) is 5.69 Å². The fourth-order valence-electron chi connectivity index (χ4n) is 2.50. The molecule has 1 aliphatic heterocycles. The second-order valence-electron chi connectivity index (χ2n) is 4.84. The lowest BCUT2D eigenvalue weighted by Crippen LogP contribution is -2.40. The Morgan fingerprint density at radius 3 is 2.81 bits per heavy atom. The summed E-state index contributed by atoms with van der Waals surface area (Å²) in [6.07, 6.45) is 1.57. The lowest BCUT2D eigenvalue weighted by molar-refractivity contribution is -0.384. The Labute approximate surface area is 128 Å². The fraction of sp³-hybridized carbons (Fsp3) is 0.500. The third-order valence-corrected chi connectivity index (χ3v) is 5.91. The lowest BCUT2D eigenvalue weighted by Gasteiger charge is -2.24. The van der Waals surface area contributed by atoms with E-state index in [2.05, 4.69) is 5.32 Å². The van der Waals surface area contributed by atoms with Crippen molar-refractivity contribution in [3.8, 4) is 0 Å². The molecular formula is C12H16ClN3O4S. The molecular weight excluding hydrogens is 318 g/mol. The molecule has 1 aromatic rings. The minimum absolute atomic E-state index is 0.0854. The van der Waals surface area contributed by atoms with Crippen LogP contribution in [0.5, 0.6) is 0 Å². The number of nitrogens with one attached hydrogen (secondary N) is 1. The largest absolute Gasteiger partial charge is 0.318 e. The number of nitrogens with zero attached hydrogens (tertiary/aromatic N) is 2. The molecule has 0 aliphatic carbocycles. The van der Waals surface area contributed by atoms with Gasteiger partial charge in [-0.2, -0.15) is 4.31 Å². The van der Waals surface area contributed by atoms with E-state index in [4.69, 9.17) is 11.6 Å². The highest BCUT2D eigenvalue weighted by atomic mass is 35.5. The Morgan fingerprint density at radius 2 is 2.24 bits per heavy atom. The van der Waals surface area contributed by atoms with Gasteiger partial charge in [-0.25, -0.2) is 8.42 Å². The average Bonchev–Trinajstić information content (AvgIpc) is 2.87. The highest BCUT2D eigenvalue weighted by Gasteiger charge is 2.36. The molecule has 7 nitrogen and oxygen atoms in total. The van der Waals surface area contributed by atoms with Crippen molar-refractivity contribution in [1.29, 1.82) is 0 Å². The smallest absolute Gasteiger partial charge is 0.271 e. The number of nitro groups is 1.